The summed E-state index contributed by atoms with van der Waals surface area (Å²) in [6.07, 6.45) is 0. The molecule has 0 radical (unpaired) electrons. The molecule has 0 bridgehead atoms. The number of sulfonamides is 1. The topological polar surface area (TPSA) is 97.6 Å². The third-order valence-electron chi connectivity index (χ3n) is 2.97. The van der Waals surface area contributed by atoms with Crippen LogP contribution in [0, 0.1) is 13.8 Å². The monoisotopic (exact) mass is 288 g/mol. The molecule has 8 heteroatoms. The van der Waals surface area contributed by atoms with Gasteiger partial charge in [0.1, 0.15) is 22.0 Å². The van der Waals surface area contributed by atoms with Crippen LogP contribution in [0.4, 0.5) is 0 Å². The average Bonchev–Trinajstić information content (AvgIpc) is 2.59. The fraction of sp³-hybridized carbons (Fsp3) is 0.545. The van der Waals surface area contributed by atoms with Crippen LogP contribution in [0.15, 0.2) is 9.31 Å². The van der Waals surface area contributed by atoms with Crippen molar-refractivity contribution < 1.29 is 22.4 Å². The van der Waals surface area contributed by atoms with Gasteiger partial charge in [-0.25, -0.2) is 17.9 Å². The highest BCUT2D eigenvalue weighted by molar-refractivity contribution is 7.89. The normalized spacial score (nSPS) is 16.2. The Kier molecular flexibility index (Phi) is 3.66. The quantitative estimate of drug-likeness (QED) is 0.753. The van der Waals surface area contributed by atoms with Gasteiger partial charge in [0.05, 0.1) is 7.11 Å². The van der Waals surface area contributed by atoms with Crippen LogP contribution in [0.5, 0.6) is 0 Å². The minimum absolute atomic E-state index is 0.0419. The fourth-order valence-corrected chi connectivity index (χ4v) is 3.61. The van der Waals surface area contributed by atoms with Gasteiger partial charge in [-0.05, 0) is 13.8 Å². The van der Waals surface area contributed by atoms with Gasteiger partial charge in [-0.2, -0.15) is 0 Å². The van der Waals surface area contributed by atoms with Crippen LogP contribution < -0.4 is 10.0 Å². The number of carbonyl (C=O) groups is 1. The molecule has 1 saturated heterocycles. The summed E-state index contributed by atoms with van der Waals surface area (Å²) in [5.41, 5.74) is -0.0419. The van der Waals surface area contributed by atoms with Crippen molar-refractivity contribution in [1.29, 1.82) is 0 Å². The van der Waals surface area contributed by atoms with Crippen LogP contribution in [0.3, 0.4) is 0 Å². The van der Waals surface area contributed by atoms with E-state index in [9.17, 15) is 13.2 Å². The van der Waals surface area contributed by atoms with E-state index in [1.165, 1.54) is 21.0 Å². The smallest absolute Gasteiger partial charge is 0.342 e. The lowest BCUT2D eigenvalue weighted by Crippen LogP contribution is -2.56. The number of hydrogen-bond donors (Lipinski definition) is 2. The molecule has 0 amide bonds. The first kappa shape index (κ1) is 14.0. The summed E-state index contributed by atoms with van der Waals surface area (Å²) >= 11 is 0. The Hall–Kier alpha value is -1.38. The zero-order valence-electron chi connectivity index (χ0n) is 10.9. The molecule has 2 heterocycles. The van der Waals surface area contributed by atoms with Gasteiger partial charge >= 0.3 is 5.97 Å². The second-order valence-electron chi connectivity index (χ2n) is 4.39. The number of carbonyl (C=O) groups excluding carboxylic acids is 1. The molecule has 2 rings (SSSR count). The van der Waals surface area contributed by atoms with Gasteiger partial charge in [0.15, 0.2) is 0 Å². The number of furan rings is 1. The van der Waals surface area contributed by atoms with E-state index >= 15 is 0 Å². The van der Waals surface area contributed by atoms with E-state index in [4.69, 9.17) is 4.42 Å². The molecule has 1 aromatic heterocycles. The van der Waals surface area contributed by atoms with Gasteiger partial charge in [0.25, 0.3) is 0 Å². The van der Waals surface area contributed by atoms with Crippen LogP contribution in [-0.4, -0.2) is 40.6 Å². The van der Waals surface area contributed by atoms with E-state index in [1.807, 2.05) is 0 Å². The van der Waals surface area contributed by atoms with Gasteiger partial charge in [-0.15, -0.1) is 0 Å². The summed E-state index contributed by atoms with van der Waals surface area (Å²) in [6, 6.07) is -0.162. The molecule has 1 aromatic rings. The van der Waals surface area contributed by atoms with Crippen molar-refractivity contribution in [3.63, 3.8) is 0 Å². The van der Waals surface area contributed by atoms with Crippen molar-refractivity contribution in [3.05, 3.63) is 17.1 Å². The maximum Gasteiger partial charge on any atom is 0.342 e. The second kappa shape index (κ2) is 4.95. The van der Waals surface area contributed by atoms with Crippen molar-refractivity contribution >= 4 is 16.0 Å². The standard InChI is InChI=1S/C11H16N2O5S/c1-6-9(11(14)17-3)10(7(2)18-6)19(15,16)13-8-4-12-5-8/h8,12-13H,4-5H2,1-3H3. The zero-order valence-corrected chi connectivity index (χ0v) is 11.8. The first-order valence-corrected chi connectivity index (χ1v) is 7.26. The third kappa shape index (κ3) is 2.51. The van der Waals surface area contributed by atoms with Gasteiger partial charge in [0, 0.05) is 19.1 Å². The Bertz CT molecular complexity index is 601. The molecule has 0 unspecified atom stereocenters. The van der Waals surface area contributed by atoms with Crippen LogP contribution >= 0.6 is 0 Å². The van der Waals surface area contributed by atoms with Crippen molar-refractivity contribution in [2.75, 3.05) is 20.2 Å². The molecule has 1 aliphatic rings. The number of methoxy groups -OCH3 is 1. The SMILES string of the molecule is COC(=O)c1c(C)oc(C)c1S(=O)(=O)NC1CNC1. The molecule has 0 atom stereocenters. The molecule has 2 N–H and O–H groups in total. The Morgan fingerprint density at radius 2 is 2.00 bits per heavy atom. The van der Waals surface area contributed by atoms with E-state index in [2.05, 4.69) is 14.8 Å². The molecule has 0 spiro atoms. The fourth-order valence-electron chi connectivity index (χ4n) is 1.98. The molecular weight excluding hydrogens is 272 g/mol. The van der Waals surface area contributed by atoms with Gasteiger partial charge in [-0.1, -0.05) is 0 Å². The summed E-state index contributed by atoms with van der Waals surface area (Å²) in [6.45, 7) is 4.18. The van der Waals surface area contributed by atoms with E-state index < -0.39 is 16.0 Å². The van der Waals surface area contributed by atoms with Crippen molar-refractivity contribution in [2.45, 2.75) is 24.8 Å². The van der Waals surface area contributed by atoms with Gasteiger partial charge in [-0.3, -0.25) is 0 Å². The number of aryl methyl sites for hydroxylation is 2. The van der Waals surface area contributed by atoms with Crippen LogP contribution in [0.2, 0.25) is 0 Å². The predicted molar refractivity (Wildman–Crippen MR) is 66.5 cm³/mol. The molecule has 0 saturated carbocycles. The first-order chi connectivity index (χ1) is 8.86. The maximum absolute atomic E-state index is 12.3. The molecular formula is C11H16N2O5S. The molecule has 1 aliphatic heterocycles. The maximum atomic E-state index is 12.3. The number of hydrogen-bond acceptors (Lipinski definition) is 6. The summed E-state index contributed by atoms with van der Waals surface area (Å²) in [4.78, 5) is 11.6. The minimum Gasteiger partial charge on any atom is -0.465 e. The van der Waals surface area contributed by atoms with Crippen molar-refractivity contribution in [3.8, 4) is 0 Å². The van der Waals surface area contributed by atoms with E-state index in [0.29, 0.717) is 13.1 Å². The van der Waals surface area contributed by atoms with Crippen LogP contribution in [0.1, 0.15) is 21.9 Å². The lowest BCUT2D eigenvalue weighted by Gasteiger charge is -2.27. The Labute approximate surface area is 111 Å². The lowest BCUT2D eigenvalue weighted by molar-refractivity contribution is 0.0595. The van der Waals surface area contributed by atoms with Crippen LogP contribution in [-0.2, 0) is 14.8 Å². The summed E-state index contributed by atoms with van der Waals surface area (Å²) in [5, 5.41) is 2.96. The van der Waals surface area contributed by atoms with Gasteiger partial charge < -0.3 is 14.5 Å². The van der Waals surface area contributed by atoms with E-state index in [-0.39, 0.29) is 28.0 Å². The molecule has 0 aliphatic carbocycles. The highest BCUT2D eigenvalue weighted by atomic mass is 32.2. The van der Waals surface area contributed by atoms with Crippen molar-refractivity contribution in [1.82, 2.24) is 10.0 Å². The number of ether oxygens (including phenoxy) is 1. The molecule has 106 valence electrons. The van der Waals surface area contributed by atoms with E-state index in [1.54, 1.807) is 0 Å². The number of nitrogens with one attached hydrogen (secondary N) is 2. The largest absolute Gasteiger partial charge is 0.465 e. The van der Waals surface area contributed by atoms with Gasteiger partial charge in [0.2, 0.25) is 10.0 Å². The molecule has 0 aromatic carbocycles. The Morgan fingerprint density at radius 3 is 2.47 bits per heavy atom. The zero-order chi connectivity index (χ0) is 14.2. The highest BCUT2D eigenvalue weighted by Crippen LogP contribution is 2.27. The predicted octanol–water partition coefficient (Wildman–Crippen LogP) is -0.0669. The third-order valence-corrected chi connectivity index (χ3v) is 4.64. The number of rotatable bonds is 4. The molecule has 1 fully saturated rings. The Balaban J connectivity index is 2.45. The average molecular weight is 288 g/mol. The van der Waals surface area contributed by atoms with E-state index in [0.717, 1.165) is 0 Å². The molecule has 7 nitrogen and oxygen atoms in total. The number of esters is 1. The van der Waals surface area contributed by atoms with Crippen molar-refractivity contribution in [2.24, 2.45) is 0 Å². The second-order valence-corrected chi connectivity index (χ2v) is 6.04. The first-order valence-electron chi connectivity index (χ1n) is 5.78. The van der Waals surface area contributed by atoms with Crippen LogP contribution in [0.25, 0.3) is 0 Å². The summed E-state index contributed by atoms with van der Waals surface area (Å²) in [5.74, 6) is -0.310. The minimum atomic E-state index is -3.80. The lowest BCUT2D eigenvalue weighted by atomic mass is 10.2. The highest BCUT2D eigenvalue weighted by Gasteiger charge is 2.34. The molecule has 19 heavy (non-hydrogen) atoms. The summed E-state index contributed by atoms with van der Waals surface area (Å²) < 4.78 is 37.0. The summed E-state index contributed by atoms with van der Waals surface area (Å²) in [7, 11) is -2.60. The Morgan fingerprint density at radius 1 is 1.37 bits per heavy atom.